The Morgan fingerprint density at radius 1 is 1.58 bits per heavy atom. The lowest BCUT2D eigenvalue weighted by Gasteiger charge is -2.18. The molecule has 1 saturated carbocycles. The van der Waals surface area contributed by atoms with Crippen LogP contribution < -0.4 is 0 Å². The lowest BCUT2D eigenvalue weighted by atomic mass is 10.3. The van der Waals surface area contributed by atoms with Gasteiger partial charge in [-0.2, -0.15) is 0 Å². The summed E-state index contributed by atoms with van der Waals surface area (Å²) in [7, 11) is 1.32. The molecular formula is C11H13BrClNO4S. The average Bonchev–Trinajstić information content (AvgIpc) is 3.04. The van der Waals surface area contributed by atoms with Gasteiger partial charge in [-0.15, -0.1) is 0 Å². The monoisotopic (exact) mass is 369 g/mol. The number of carbonyl (C=O) groups excluding carboxylic acids is 1. The molecule has 1 heterocycles. The molecule has 0 aliphatic heterocycles. The highest BCUT2D eigenvalue weighted by Crippen LogP contribution is 2.32. The van der Waals surface area contributed by atoms with E-state index >= 15 is 0 Å². The number of carbonyl (C=O) groups is 1. The fraction of sp³-hybridized carbons (Fsp3) is 0.545. The molecule has 0 unspecified atom stereocenters. The molecule has 1 aromatic heterocycles. The van der Waals surface area contributed by atoms with E-state index in [9.17, 15) is 13.2 Å². The van der Waals surface area contributed by atoms with Gasteiger partial charge < -0.3 is 9.32 Å². The normalized spacial score (nSPS) is 15.5. The van der Waals surface area contributed by atoms with Gasteiger partial charge in [0.2, 0.25) is 0 Å². The van der Waals surface area contributed by atoms with Crippen molar-refractivity contribution in [3.8, 4) is 0 Å². The van der Waals surface area contributed by atoms with Crippen molar-refractivity contribution < 1.29 is 17.6 Å². The summed E-state index contributed by atoms with van der Waals surface area (Å²) in [6.07, 6.45) is 2.26. The third kappa shape index (κ3) is 3.52. The van der Waals surface area contributed by atoms with Crippen LogP contribution in [0.4, 0.5) is 0 Å². The summed E-state index contributed by atoms with van der Waals surface area (Å²) < 4.78 is 27.6. The fourth-order valence-electron chi connectivity index (χ4n) is 1.75. The predicted molar refractivity (Wildman–Crippen MR) is 73.7 cm³/mol. The highest BCUT2D eigenvalue weighted by molar-refractivity contribution is 9.10. The number of amides is 1. The number of halogens is 2. The van der Waals surface area contributed by atoms with Gasteiger partial charge in [0.25, 0.3) is 15.0 Å². The summed E-state index contributed by atoms with van der Waals surface area (Å²) in [5.74, 6) is 0.216. The average molecular weight is 371 g/mol. The molecule has 106 valence electrons. The van der Waals surface area contributed by atoms with Gasteiger partial charge in [0.15, 0.2) is 10.4 Å². The van der Waals surface area contributed by atoms with Crippen molar-refractivity contribution in [2.24, 2.45) is 5.92 Å². The lowest BCUT2D eigenvalue weighted by Crippen LogP contribution is -2.32. The van der Waals surface area contributed by atoms with E-state index in [1.54, 1.807) is 4.90 Å². The Labute approximate surface area is 124 Å². The van der Waals surface area contributed by atoms with Gasteiger partial charge >= 0.3 is 0 Å². The van der Waals surface area contributed by atoms with Crippen LogP contribution in [0, 0.1) is 5.92 Å². The first-order valence-corrected chi connectivity index (χ1v) is 8.96. The number of nitrogens with zero attached hydrogens (tertiary/aromatic N) is 1. The second-order valence-electron chi connectivity index (χ2n) is 4.47. The van der Waals surface area contributed by atoms with Crippen LogP contribution in [0.1, 0.15) is 30.3 Å². The zero-order chi connectivity index (χ0) is 14.2. The van der Waals surface area contributed by atoms with Gasteiger partial charge in [-0.05, 0) is 41.6 Å². The predicted octanol–water partition coefficient (Wildman–Crippen LogP) is 2.84. The Morgan fingerprint density at radius 2 is 2.21 bits per heavy atom. The van der Waals surface area contributed by atoms with E-state index in [1.165, 1.54) is 0 Å². The van der Waals surface area contributed by atoms with Crippen LogP contribution in [-0.4, -0.2) is 32.3 Å². The molecule has 5 nitrogen and oxygen atoms in total. The maximum Gasteiger partial charge on any atom is 0.289 e. The van der Waals surface area contributed by atoms with Crippen molar-refractivity contribution in [2.45, 2.75) is 24.7 Å². The Balaban J connectivity index is 2.23. The van der Waals surface area contributed by atoms with Gasteiger partial charge in [0, 0.05) is 29.8 Å². The van der Waals surface area contributed by atoms with E-state index in [1.807, 2.05) is 6.92 Å². The maximum atomic E-state index is 12.2. The van der Waals surface area contributed by atoms with E-state index in [4.69, 9.17) is 15.1 Å². The first-order valence-electron chi connectivity index (χ1n) is 5.86. The van der Waals surface area contributed by atoms with Crippen LogP contribution in [0.25, 0.3) is 0 Å². The van der Waals surface area contributed by atoms with E-state index < -0.39 is 9.05 Å². The first-order chi connectivity index (χ1) is 8.82. The van der Waals surface area contributed by atoms with Crippen molar-refractivity contribution in [3.05, 3.63) is 16.5 Å². The van der Waals surface area contributed by atoms with E-state index in [0.29, 0.717) is 19.0 Å². The largest absolute Gasteiger partial charge is 0.443 e. The summed E-state index contributed by atoms with van der Waals surface area (Å²) in [5.41, 5.74) is 0. The Morgan fingerprint density at radius 3 is 2.63 bits per heavy atom. The lowest BCUT2D eigenvalue weighted by molar-refractivity contribution is 0.0723. The minimum atomic E-state index is -3.93. The standard InChI is InChI=1S/C11H13BrClNO4S/c1-2-14(6-7-3-4-7)11(15)8-5-9(10(12)18-8)19(13,16)17/h5,7H,2-4,6H2,1H3. The fourth-order valence-corrected chi connectivity index (χ4v) is 3.78. The highest BCUT2D eigenvalue weighted by Gasteiger charge is 2.29. The van der Waals surface area contributed by atoms with Gasteiger partial charge in [-0.1, -0.05) is 0 Å². The second-order valence-corrected chi connectivity index (χ2v) is 7.73. The van der Waals surface area contributed by atoms with Gasteiger partial charge in [-0.3, -0.25) is 4.79 Å². The van der Waals surface area contributed by atoms with Crippen LogP contribution in [0.15, 0.2) is 20.0 Å². The van der Waals surface area contributed by atoms with Crippen LogP contribution in [0.5, 0.6) is 0 Å². The highest BCUT2D eigenvalue weighted by atomic mass is 79.9. The van der Waals surface area contributed by atoms with Crippen LogP contribution in [-0.2, 0) is 9.05 Å². The number of rotatable bonds is 5. The third-order valence-corrected chi connectivity index (χ3v) is 5.15. The second kappa shape index (κ2) is 5.46. The molecule has 0 aromatic carbocycles. The molecule has 0 spiro atoms. The van der Waals surface area contributed by atoms with Crippen LogP contribution in [0.3, 0.4) is 0 Å². The number of furan rings is 1. The zero-order valence-corrected chi connectivity index (χ0v) is 13.4. The zero-order valence-electron chi connectivity index (χ0n) is 10.2. The van der Waals surface area contributed by atoms with Crippen molar-refractivity contribution in [3.63, 3.8) is 0 Å². The van der Waals surface area contributed by atoms with Crippen molar-refractivity contribution in [1.82, 2.24) is 4.90 Å². The topological polar surface area (TPSA) is 67.6 Å². The summed E-state index contributed by atoms with van der Waals surface area (Å²) in [5, 5.41) is 0. The summed E-state index contributed by atoms with van der Waals surface area (Å²) in [4.78, 5) is 13.6. The molecule has 19 heavy (non-hydrogen) atoms. The third-order valence-electron chi connectivity index (χ3n) is 2.97. The molecule has 1 aliphatic carbocycles. The molecule has 0 atom stereocenters. The maximum absolute atomic E-state index is 12.2. The molecule has 0 saturated heterocycles. The smallest absolute Gasteiger partial charge is 0.289 e. The first kappa shape index (κ1) is 14.9. The summed E-state index contributed by atoms with van der Waals surface area (Å²) >= 11 is 2.95. The van der Waals surface area contributed by atoms with E-state index in [-0.39, 0.29) is 21.2 Å². The minimum Gasteiger partial charge on any atom is -0.443 e. The number of hydrogen-bond donors (Lipinski definition) is 0. The Bertz CT molecular complexity index is 594. The van der Waals surface area contributed by atoms with Crippen molar-refractivity contribution >= 4 is 41.6 Å². The van der Waals surface area contributed by atoms with E-state index in [2.05, 4.69) is 15.9 Å². The molecule has 1 amide bonds. The molecule has 0 bridgehead atoms. The van der Waals surface area contributed by atoms with Crippen molar-refractivity contribution in [2.75, 3.05) is 13.1 Å². The van der Waals surface area contributed by atoms with Gasteiger partial charge in [0.05, 0.1) is 0 Å². The molecule has 0 radical (unpaired) electrons. The van der Waals surface area contributed by atoms with Crippen LogP contribution >= 0.6 is 26.6 Å². The minimum absolute atomic E-state index is 0.0198. The molecule has 2 rings (SSSR count). The molecule has 8 heteroatoms. The van der Waals surface area contributed by atoms with Gasteiger partial charge in [0.1, 0.15) is 4.90 Å². The SMILES string of the molecule is CCN(CC1CC1)C(=O)c1cc(S(=O)(=O)Cl)c(Br)o1. The quantitative estimate of drug-likeness (QED) is 0.747. The molecule has 1 aliphatic rings. The van der Waals surface area contributed by atoms with Crippen LogP contribution in [0.2, 0.25) is 0 Å². The number of hydrogen-bond acceptors (Lipinski definition) is 4. The molecule has 1 aromatic rings. The summed E-state index contributed by atoms with van der Waals surface area (Å²) in [6, 6.07) is 1.16. The Kier molecular flexibility index (Phi) is 4.27. The van der Waals surface area contributed by atoms with Crippen molar-refractivity contribution in [1.29, 1.82) is 0 Å². The molecule has 0 N–H and O–H groups in total. The molecular weight excluding hydrogens is 358 g/mol. The molecule has 1 fully saturated rings. The summed E-state index contributed by atoms with van der Waals surface area (Å²) in [6.45, 7) is 3.10. The van der Waals surface area contributed by atoms with E-state index in [0.717, 1.165) is 18.9 Å². The van der Waals surface area contributed by atoms with Gasteiger partial charge in [-0.25, -0.2) is 8.42 Å². The Hall–Kier alpha value is -0.530.